The molecule has 30 heavy (non-hydrogen) atoms. The van der Waals surface area contributed by atoms with Gasteiger partial charge in [-0.2, -0.15) is 0 Å². The molecule has 1 N–H and O–H groups in total. The van der Waals surface area contributed by atoms with Crippen LogP contribution in [0.25, 0.3) is 11.8 Å². The molecule has 0 aliphatic rings. The number of hydrogen-bond donors (Lipinski definition) is 1. The Morgan fingerprint density at radius 3 is 2.53 bits per heavy atom. The number of ether oxygens (including phenoxy) is 1. The molecule has 8 nitrogen and oxygen atoms in total. The number of carboxylic acid groups (broad SMARTS) is 1. The van der Waals surface area contributed by atoms with E-state index in [1.54, 1.807) is 25.1 Å². The average molecular weight is 427 g/mol. The molecule has 0 amide bonds. The van der Waals surface area contributed by atoms with E-state index in [9.17, 15) is 14.7 Å². The highest BCUT2D eigenvalue weighted by molar-refractivity contribution is 8.03. The number of esters is 1. The van der Waals surface area contributed by atoms with Crippen molar-refractivity contribution in [2.45, 2.75) is 32.9 Å². The molecule has 3 aromatic rings. The fourth-order valence-electron chi connectivity index (χ4n) is 3.19. The van der Waals surface area contributed by atoms with Crippen LogP contribution in [0.1, 0.15) is 38.8 Å². The van der Waals surface area contributed by atoms with Gasteiger partial charge in [-0.25, -0.2) is 9.59 Å². The van der Waals surface area contributed by atoms with Crippen LogP contribution in [-0.2, 0) is 9.53 Å². The molecule has 0 aliphatic carbocycles. The zero-order valence-corrected chi connectivity index (χ0v) is 18.0. The van der Waals surface area contributed by atoms with Crippen molar-refractivity contribution < 1.29 is 23.8 Å². The number of hydrogen-bond acceptors (Lipinski definition) is 7. The first-order chi connectivity index (χ1) is 14.2. The van der Waals surface area contributed by atoms with Crippen LogP contribution in [0.2, 0.25) is 0 Å². The lowest BCUT2D eigenvalue weighted by Crippen LogP contribution is -2.08. The molecule has 0 atom stereocenters. The molecular formula is C21H21N3O5S. The number of aryl methyl sites for hydroxylation is 2. The van der Waals surface area contributed by atoms with Crippen molar-refractivity contribution in [3.63, 3.8) is 0 Å². The van der Waals surface area contributed by atoms with E-state index >= 15 is 0 Å². The zero-order valence-electron chi connectivity index (χ0n) is 17.2. The van der Waals surface area contributed by atoms with Gasteiger partial charge < -0.3 is 18.8 Å². The third kappa shape index (κ3) is 4.16. The monoisotopic (exact) mass is 427 g/mol. The predicted octanol–water partition coefficient (Wildman–Crippen LogP) is 4.10. The molecule has 1 aromatic carbocycles. The van der Waals surface area contributed by atoms with Crippen LogP contribution in [0.4, 0.5) is 0 Å². The van der Waals surface area contributed by atoms with Crippen LogP contribution >= 0.6 is 11.8 Å². The van der Waals surface area contributed by atoms with Gasteiger partial charge in [-0.3, -0.25) is 0 Å². The maximum Gasteiger partial charge on any atom is 0.342 e. The Labute approximate surface area is 177 Å². The van der Waals surface area contributed by atoms with Gasteiger partial charge in [0.15, 0.2) is 0 Å². The zero-order chi connectivity index (χ0) is 22.0. The minimum atomic E-state index is -1.09. The predicted molar refractivity (Wildman–Crippen MR) is 112 cm³/mol. The van der Waals surface area contributed by atoms with E-state index in [0.717, 1.165) is 40.0 Å². The van der Waals surface area contributed by atoms with Gasteiger partial charge in [-0.15, -0.1) is 10.2 Å². The number of rotatable bonds is 6. The van der Waals surface area contributed by atoms with Gasteiger partial charge in [0.1, 0.15) is 4.91 Å². The van der Waals surface area contributed by atoms with Gasteiger partial charge in [0.25, 0.3) is 5.22 Å². The van der Waals surface area contributed by atoms with Crippen molar-refractivity contribution in [2.75, 3.05) is 7.11 Å². The Balaban J connectivity index is 2.06. The van der Waals surface area contributed by atoms with Crippen molar-refractivity contribution in [2.24, 2.45) is 0 Å². The second-order valence-corrected chi connectivity index (χ2v) is 7.60. The normalized spacial score (nSPS) is 11.6. The first kappa shape index (κ1) is 21.4. The van der Waals surface area contributed by atoms with Crippen LogP contribution in [0.15, 0.2) is 38.8 Å². The Hall–Kier alpha value is -3.33. The summed E-state index contributed by atoms with van der Waals surface area (Å²) in [5.74, 6) is -1.14. The Bertz CT molecular complexity index is 1160. The SMILES string of the molecule is COC(=O)c1cccc(-n2c(C)cc(/C=C(/Sc3nnc(C)o3)C(=O)O)c2C)c1C. The summed E-state index contributed by atoms with van der Waals surface area (Å²) in [6.45, 7) is 7.31. The summed E-state index contributed by atoms with van der Waals surface area (Å²) >= 11 is 0.895. The van der Waals surface area contributed by atoms with E-state index in [4.69, 9.17) is 9.15 Å². The van der Waals surface area contributed by atoms with E-state index < -0.39 is 11.9 Å². The van der Waals surface area contributed by atoms with E-state index in [1.165, 1.54) is 7.11 Å². The van der Waals surface area contributed by atoms with E-state index in [-0.39, 0.29) is 10.1 Å². The van der Waals surface area contributed by atoms with Gasteiger partial charge >= 0.3 is 11.9 Å². The first-order valence-corrected chi connectivity index (χ1v) is 9.84. The van der Waals surface area contributed by atoms with Crippen molar-refractivity contribution in [1.82, 2.24) is 14.8 Å². The van der Waals surface area contributed by atoms with Crippen molar-refractivity contribution in [3.8, 4) is 5.69 Å². The highest BCUT2D eigenvalue weighted by Gasteiger charge is 2.19. The molecule has 0 bridgehead atoms. The van der Waals surface area contributed by atoms with Crippen molar-refractivity contribution in [1.29, 1.82) is 0 Å². The molecule has 0 saturated heterocycles. The quantitative estimate of drug-likeness (QED) is 0.356. The summed E-state index contributed by atoms with van der Waals surface area (Å²) in [5, 5.41) is 17.3. The van der Waals surface area contributed by atoms with Crippen LogP contribution in [0.5, 0.6) is 0 Å². The van der Waals surface area contributed by atoms with Crippen LogP contribution < -0.4 is 0 Å². The number of carbonyl (C=O) groups excluding carboxylic acids is 1. The molecule has 156 valence electrons. The third-order valence-electron chi connectivity index (χ3n) is 4.62. The number of aliphatic carboxylic acids is 1. The second kappa shape index (κ2) is 8.58. The molecular weight excluding hydrogens is 406 g/mol. The fraction of sp³-hybridized carbons (Fsp3) is 0.238. The lowest BCUT2D eigenvalue weighted by atomic mass is 10.1. The molecule has 9 heteroatoms. The molecule has 0 spiro atoms. The molecule has 2 heterocycles. The van der Waals surface area contributed by atoms with Gasteiger partial charge in [0.2, 0.25) is 5.89 Å². The summed E-state index contributed by atoms with van der Waals surface area (Å²) in [6, 6.07) is 7.30. The second-order valence-electron chi connectivity index (χ2n) is 6.61. The fourth-order valence-corrected chi connectivity index (χ4v) is 3.90. The number of methoxy groups -OCH3 is 1. The third-order valence-corrected chi connectivity index (χ3v) is 5.48. The van der Waals surface area contributed by atoms with Crippen molar-refractivity contribution in [3.05, 3.63) is 63.1 Å². The van der Waals surface area contributed by atoms with Gasteiger partial charge in [-0.05, 0) is 67.9 Å². The Morgan fingerprint density at radius 1 is 1.20 bits per heavy atom. The summed E-state index contributed by atoms with van der Waals surface area (Å²) in [4.78, 5) is 23.9. The average Bonchev–Trinajstić information content (AvgIpc) is 3.23. The maximum atomic E-state index is 12.1. The summed E-state index contributed by atoms with van der Waals surface area (Å²) in [7, 11) is 1.35. The van der Waals surface area contributed by atoms with Crippen LogP contribution in [0.3, 0.4) is 0 Å². The number of benzene rings is 1. The molecule has 0 aliphatic heterocycles. The number of carboxylic acids is 1. The highest BCUT2D eigenvalue weighted by atomic mass is 32.2. The topological polar surface area (TPSA) is 107 Å². The number of thioether (sulfide) groups is 1. The molecule has 0 unspecified atom stereocenters. The smallest absolute Gasteiger partial charge is 0.342 e. The van der Waals surface area contributed by atoms with Gasteiger partial charge in [0.05, 0.1) is 12.7 Å². The standard InChI is InChI=1S/C21H21N3O5S/c1-11-9-15(10-18(19(25)26)30-21-23-22-14(4)29-21)13(3)24(11)17-8-6-7-16(12(17)2)20(27)28-5/h6-10H,1-5H3,(H,25,26)/b18-10+. The number of nitrogens with zero attached hydrogens (tertiary/aromatic N) is 3. The molecule has 0 saturated carbocycles. The molecule has 3 rings (SSSR count). The van der Waals surface area contributed by atoms with Gasteiger partial charge in [0, 0.05) is 24.0 Å². The molecule has 0 fully saturated rings. The maximum absolute atomic E-state index is 12.1. The Morgan fingerprint density at radius 2 is 1.93 bits per heavy atom. The number of aromatic nitrogens is 3. The largest absolute Gasteiger partial charge is 0.477 e. The molecule has 2 aromatic heterocycles. The number of carbonyl (C=O) groups is 2. The van der Waals surface area contributed by atoms with Crippen LogP contribution in [-0.4, -0.2) is 38.9 Å². The lowest BCUT2D eigenvalue weighted by molar-refractivity contribution is -0.131. The lowest BCUT2D eigenvalue weighted by Gasteiger charge is -2.15. The minimum Gasteiger partial charge on any atom is -0.477 e. The van der Waals surface area contributed by atoms with E-state index in [2.05, 4.69) is 10.2 Å². The van der Waals surface area contributed by atoms with Crippen molar-refractivity contribution >= 4 is 29.8 Å². The minimum absolute atomic E-state index is 0.0546. The van der Waals surface area contributed by atoms with Crippen LogP contribution in [0, 0.1) is 27.7 Å². The summed E-state index contributed by atoms with van der Waals surface area (Å²) < 4.78 is 12.1. The summed E-state index contributed by atoms with van der Waals surface area (Å²) in [6.07, 6.45) is 1.57. The highest BCUT2D eigenvalue weighted by Crippen LogP contribution is 2.31. The Kier molecular flexibility index (Phi) is 6.12. The first-order valence-electron chi connectivity index (χ1n) is 9.03. The molecule has 0 radical (unpaired) electrons. The van der Waals surface area contributed by atoms with Gasteiger partial charge in [-0.1, -0.05) is 6.07 Å². The summed E-state index contributed by atoms with van der Waals surface area (Å²) in [5.41, 5.74) is 4.54. The van der Waals surface area contributed by atoms with E-state index in [1.807, 2.05) is 37.5 Å². The van der Waals surface area contributed by atoms with E-state index in [0.29, 0.717) is 11.5 Å².